The van der Waals surface area contributed by atoms with E-state index in [0.29, 0.717) is 17.3 Å². The van der Waals surface area contributed by atoms with Crippen LogP contribution in [0.25, 0.3) is 0 Å². The number of hydrogen-bond donors (Lipinski definition) is 2. The van der Waals surface area contributed by atoms with E-state index >= 15 is 0 Å². The molecule has 0 unspecified atom stereocenters. The Morgan fingerprint density at radius 1 is 1.26 bits per heavy atom. The van der Waals surface area contributed by atoms with E-state index in [-0.39, 0.29) is 11.5 Å². The van der Waals surface area contributed by atoms with Gasteiger partial charge >= 0.3 is 0 Å². The summed E-state index contributed by atoms with van der Waals surface area (Å²) in [6.07, 6.45) is 0. The fourth-order valence-corrected chi connectivity index (χ4v) is 1.75. The van der Waals surface area contributed by atoms with Crippen molar-refractivity contribution in [1.29, 1.82) is 0 Å². The van der Waals surface area contributed by atoms with Gasteiger partial charge in [0, 0.05) is 11.6 Å². The number of carbonyl (C=O) groups excluding carboxylic acids is 1. The van der Waals surface area contributed by atoms with Gasteiger partial charge in [-0.05, 0) is 31.2 Å². The molecule has 0 radical (unpaired) electrons. The molecule has 0 aliphatic rings. The molecule has 0 fully saturated rings. The summed E-state index contributed by atoms with van der Waals surface area (Å²) in [5.41, 5.74) is 3.09. The van der Waals surface area contributed by atoms with Gasteiger partial charge in [-0.3, -0.25) is 4.79 Å². The number of halogens is 2. The lowest BCUT2D eigenvalue weighted by Gasteiger charge is -2.07. The highest BCUT2D eigenvalue weighted by atomic mass is 19.1. The quantitative estimate of drug-likeness (QED) is 0.657. The second-order valence-electron chi connectivity index (χ2n) is 4.61. The first-order valence-corrected chi connectivity index (χ1v) is 6.66. The SMILES string of the molecule is C/C(=N/NC(=O)COc1ccc(F)cc1F)c1ccccc1O. The van der Waals surface area contributed by atoms with E-state index < -0.39 is 24.1 Å². The van der Waals surface area contributed by atoms with Crippen molar-refractivity contribution >= 4 is 11.6 Å². The van der Waals surface area contributed by atoms with Gasteiger partial charge in [0.15, 0.2) is 18.2 Å². The smallest absolute Gasteiger partial charge is 0.277 e. The zero-order chi connectivity index (χ0) is 16.8. The van der Waals surface area contributed by atoms with E-state index in [1.807, 2.05) is 0 Å². The van der Waals surface area contributed by atoms with Crippen LogP contribution in [0.2, 0.25) is 0 Å². The fraction of sp³-hybridized carbons (Fsp3) is 0.125. The normalized spacial score (nSPS) is 11.2. The van der Waals surface area contributed by atoms with Gasteiger partial charge in [-0.15, -0.1) is 0 Å². The lowest BCUT2D eigenvalue weighted by molar-refractivity contribution is -0.123. The number of ether oxygens (including phenoxy) is 1. The standard InChI is InChI=1S/C16H14F2N2O3/c1-10(12-4-2-3-5-14(12)21)19-20-16(22)9-23-15-7-6-11(17)8-13(15)18/h2-8,21H,9H2,1H3,(H,20,22)/b19-10-. The summed E-state index contributed by atoms with van der Waals surface area (Å²) in [7, 11) is 0. The average Bonchev–Trinajstić information content (AvgIpc) is 2.52. The van der Waals surface area contributed by atoms with Crippen LogP contribution in [0.5, 0.6) is 11.5 Å². The molecule has 0 saturated carbocycles. The second-order valence-corrected chi connectivity index (χ2v) is 4.61. The van der Waals surface area contributed by atoms with Crippen molar-refractivity contribution in [3.05, 3.63) is 59.7 Å². The van der Waals surface area contributed by atoms with Crippen molar-refractivity contribution in [1.82, 2.24) is 5.43 Å². The maximum Gasteiger partial charge on any atom is 0.277 e. The summed E-state index contributed by atoms with van der Waals surface area (Å²) in [5.74, 6) is -2.45. The van der Waals surface area contributed by atoms with Crippen LogP contribution < -0.4 is 10.2 Å². The number of aromatic hydroxyl groups is 1. The number of hydrogen-bond acceptors (Lipinski definition) is 4. The molecule has 0 heterocycles. The molecule has 0 aliphatic heterocycles. The third-order valence-electron chi connectivity index (χ3n) is 2.89. The third-order valence-corrected chi connectivity index (χ3v) is 2.89. The molecule has 2 N–H and O–H groups in total. The highest BCUT2D eigenvalue weighted by Crippen LogP contribution is 2.17. The summed E-state index contributed by atoms with van der Waals surface area (Å²) in [4.78, 5) is 11.6. The van der Waals surface area contributed by atoms with E-state index in [9.17, 15) is 18.7 Å². The highest BCUT2D eigenvalue weighted by Gasteiger charge is 2.08. The summed E-state index contributed by atoms with van der Waals surface area (Å²) >= 11 is 0. The van der Waals surface area contributed by atoms with E-state index in [1.54, 1.807) is 25.1 Å². The number of hydrazone groups is 1. The molecule has 5 nitrogen and oxygen atoms in total. The summed E-state index contributed by atoms with van der Waals surface area (Å²) in [5, 5.41) is 13.5. The van der Waals surface area contributed by atoms with Crippen molar-refractivity contribution < 1.29 is 23.4 Å². The Morgan fingerprint density at radius 3 is 2.70 bits per heavy atom. The molecule has 0 atom stereocenters. The van der Waals surface area contributed by atoms with Gasteiger partial charge in [-0.2, -0.15) is 5.10 Å². The van der Waals surface area contributed by atoms with E-state index in [4.69, 9.17) is 4.74 Å². The predicted molar refractivity (Wildman–Crippen MR) is 80.3 cm³/mol. The van der Waals surface area contributed by atoms with Gasteiger partial charge in [-0.1, -0.05) is 12.1 Å². The second kappa shape index (κ2) is 7.35. The highest BCUT2D eigenvalue weighted by molar-refractivity contribution is 6.01. The molecular weight excluding hydrogens is 306 g/mol. The number of nitrogens with zero attached hydrogens (tertiary/aromatic N) is 1. The number of amides is 1. The molecule has 2 aromatic carbocycles. The average molecular weight is 320 g/mol. The van der Waals surface area contributed by atoms with Gasteiger partial charge < -0.3 is 9.84 Å². The minimum atomic E-state index is -0.897. The molecule has 0 spiro atoms. The minimum absolute atomic E-state index is 0.0348. The lowest BCUT2D eigenvalue weighted by atomic mass is 10.1. The number of rotatable bonds is 5. The third kappa shape index (κ3) is 4.50. The van der Waals surface area contributed by atoms with Crippen LogP contribution in [0.1, 0.15) is 12.5 Å². The Bertz CT molecular complexity index is 748. The predicted octanol–water partition coefficient (Wildman–Crippen LogP) is 2.59. The molecule has 1 amide bonds. The minimum Gasteiger partial charge on any atom is -0.507 e. The Labute approximate surface area is 131 Å². The first kappa shape index (κ1) is 16.4. The van der Waals surface area contributed by atoms with Crippen LogP contribution in [-0.4, -0.2) is 23.3 Å². The zero-order valence-electron chi connectivity index (χ0n) is 12.2. The number of para-hydroxylation sites is 1. The van der Waals surface area contributed by atoms with E-state index in [0.717, 1.165) is 12.1 Å². The van der Waals surface area contributed by atoms with Crippen LogP contribution in [0.4, 0.5) is 8.78 Å². The maximum absolute atomic E-state index is 13.3. The largest absolute Gasteiger partial charge is 0.507 e. The van der Waals surface area contributed by atoms with Gasteiger partial charge in [0.25, 0.3) is 5.91 Å². The first-order chi connectivity index (χ1) is 11.0. The van der Waals surface area contributed by atoms with E-state index in [1.165, 1.54) is 6.07 Å². The lowest BCUT2D eigenvalue weighted by Crippen LogP contribution is -2.25. The molecule has 2 aromatic rings. The number of phenols is 1. The number of carbonyl (C=O) groups is 1. The molecule has 0 aliphatic carbocycles. The summed E-state index contributed by atoms with van der Waals surface area (Å²) in [6, 6.07) is 9.30. The monoisotopic (exact) mass is 320 g/mol. The van der Waals surface area contributed by atoms with Gasteiger partial charge in [0.2, 0.25) is 0 Å². The molecule has 2 rings (SSSR count). The molecule has 0 aromatic heterocycles. The maximum atomic E-state index is 13.3. The van der Waals surface area contributed by atoms with Crippen LogP contribution in [0.15, 0.2) is 47.6 Å². The Hall–Kier alpha value is -2.96. The first-order valence-electron chi connectivity index (χ1n) is 6.66. The van der Waals surface area contributed by atoms with E-state index in [2.05, 4.69) is 10.5 Å². The van der Waals surface area contributed by atoms with Gasteiger partial charge in [-0.25, -0.2) is 14.2 Å². The van der Waals surface area contributed by atoms with Crippen molar-refractivity contribution in [2.24, 2.45) is 5.10 Å². The van der Waals surface area contributed by atoms with Crippen molar-refractivity contribution in [2.45, 2.75) is 6.92 Å². The number of nitrogens with one attached hydrogen (secondary N) is 1. The van der Waals surface area contributed by atoms with Crippen LogP contribution >= 0.6 is 0 Å². The Kier molecular flexibility index (Phi) is 5.24. The van der Waals surface area contributed by atoms with Crippen molar-refractivity contribution in [2.75, 3.05) is 6.61 Å². The number of benzene rings is 2. The topological polar surface area (TPSA) is 70.9 Å². The van der Waals surface area contributed by atoms with Crippen molar-refractivity contribution in [3.8, 4) is 11.5 Å². The molecule has 7 heteroatoms. The number of phenolic OH excluding ortho intramolecular Hbond substituents is 1. The Balaban J connectivity index is 1.92. The zero-order valence-corrected chi connectivity index (χ0v) is 12.2. The molecule has 120 valence electrons. The van der Waals surface area contributed by atoms with Crippen LogP contribution in [0.3, 0.4) is 0 Å². The van der Waals surface area contributed by atoms with Gasteiger partial charge in [0.05, 0.1) is 5.71 Å². The molecule has 23 heavy (non-hydrogen) atoms. The summed E-state index contributed by atoms with van der Waals surface area (Å²) < 4.78 is 31.0. The van der Waals surface area contributed by atoms with Crippen molar-refractivity contribution in [3.63, 3.8) is 0 Å². The Morgan fingerprint density at radius 2 is 2.00 bits per heavy atom. The van der Waals surface area contributed by atoms with Gasteiger partial charge in [0.1, 0.15) is 11.6 Å². The van der Waals surface area contributed by atoms with Crippen LogP contribution in [-0.2, 0) is 4.79 Å². The van der Waals surface area contributed by atoms with Crippen LogP contribution in [0, 0.1) is 11.6 Å². The molecule has 0 bridgehead atoms. The molecular formula is C16H14F2N2O3. The molecule has 0 saturated heterocycles. The summed E-state index contributed by atoms with van der Waals surface area (Å²) in [6.45, 7) is 1.12. The fourth-order valence-electron chi connectivity index (χ4n) is 1.75.